The third kappa shape index (κ3) is 5.50. The Kier molecular flexibility index (Phi) is 6.41. The number of rotatable bonds is 6. The van der Waals surface area contributed by atoms with E-state index in [0.717, 1.165) is 6.42 Å². The Bertz CT molecular complexity index is 478. The zero-order valence-electron chi connectivity index (χ0n) is 12.2. The standard InChI is InChI=1S/C12H22N2O6S/c1-3-20-12(17)13-21(18,19)14-6-4-5-10(8-14)9(2)7-11(15)16/h9-10H,3-8H2,1-2H3,(H,13,17)(H,15,16). The molecule has 0 aromatic rings. The van der Waals surface area contributed by atoms with Crippen LogP contribution in [0.4, 0.5) is 4.79 Å². The van der Waals surface area contributed by atoms with E-state index in [4.69, 9.17) is 5.11 Å². The Morgan fingerprint density at radius 1 is 1.48 bits per heavy atom. The molecule has 0 aromatic carbocycles. The van der Waals surface area contributed by atoms with Crippen molar-refractivity contribution < 1.29 is 27.9 Å². The summed E-state index contributed by atoms with van der Waals surface area (Å²) >= 11 is 0. The highest BCUT2D eigenvalue weighted by Crippen LogP contribution is 2.27. The molecule has 122 valence electrons. The lowest BCUT2D eigenvalue weighted by Crippen LogP contribution is -2.48. The first-order valence-electron chi connectivity index (χ1n) is 6.92. The molecule has 1 aliphatic heterocycles. The number of carboxylic acids is 1. The van der Waals surface area contributed by atoms with Gasteiger partial charge in [-0.15, -0.1) is 0 Å². The average molecular weight is 322 g/mol. The highest BCUT2D eigenvalue weighted by molar-refractivity contribution is 7.87. The van der Waals surface area contributed by atoms with E-state index in [1.54, 1.807) is 13.8 Å². The van der Waals surface area contributed by atoms with Crippen LogP contribution in [0, 0.1) is 11.8 Å². The van der Waals surface area contributed by atoms with Gasteiger partial charge in [0.1, 0.15) is 0 Å². The fraction of sp³-hybridized carbons (Fsp3) is 0.833. The first-order valence-corrected chi connectivity index (χ1v) is 8.36. The minimum atomic E-state index is -3.94. The fourth-order valence-corrected chi connectivity index (χ4v) is 3.59. The third-order valence-corrected chi connectivity index (χ3v) is 4.99. The summed E-state index contributed by atoms with van der Waals surface area (Å²) in [5.74, 6) is -1.05. The number of hydrogen-bond donors (Lipinski definition) is 2. The summed E-state index contributed by atoms with van der Waals surface area (Å²) in [6.07, 6.45) is 0.417. The van der Waals surface area contributed by atoms with Crippen LogP contribution in [0.5, 0.6) is 0 Å². The molecular formula is C12H22N2O6S. The van der Waals surface area contributed by atoms with Crippen LogP contribution in [-0.4, -0.2) is 49.6 Å². The van der Waals surface area contributed by atoms with Gasteiger partial charge < -0.3 is 9.84 Å². The zero-order chi connectivity index (χ0) is 16.0. The van der Waals surface area contributed by atoms with Gasteiger partial charge in [-0.1, -0.05) is 6.92 Å². The quantitative estimate of drug-likeness (QED) is 0.748. The van der Waals surface area contributed by atoms with Gasteiger partial charge >= 0.3 is 22.3 Å². The molecule has 0 saturated carbocycles. The molecule has 1 heterocycles. The molecule has 1 fully saturated rings. The minimum absolute atomic E-state index is 0.00383. The maximum absolute atomic E-state index is 12.1. The molecule has 1 saturated heterocycles. The van der Waals surface area contributed by atoms with Gasteiger partial charge in [-0.05, 0) is 31.6 Å². The summed E-state index contributed by atoms with van der Waals surface area (Å²) in [5.41, 5.74) is 0. The minimum Gasteiger partial charge on any atom is -0.481 e. The van der Waals surface area contributed by atoms with Crippen LogP contribution in [0.25, 0.3) is 0 Å². The van der Waals surface area contributed by atoms with Gasteiger partial charge in [-0.3, -0.25) is 4.79 Å². The van der Waals surface area contributed by atoms with Gasteiger partial charge in [-0.25, -0.2) is 9.52 Å². The Balaban J connectivity index is 2.66. The molecule has 2 unspecified atom stereocenters. The van der Waals surface area contributed by atoms with Crippen LogP contribution in [0.15, 0.2) is 0 Å². The summed E-state index contributed by atoms with van der Waals surface area (Å²) < 4.78 is 31.7. The van der Waals surface area contributed by atoms with Crippen molar-refractivity contribution in [2.75, 3.05) is 19.7 Å². The highest BCUT2D eigenvalue weighted by atomic mass is 32.2. The maximum Gasteiger partial charge on any atom is 0.421 e. The van der Waals surface area contributed by atoms with Crippen LogP contribution in [0.2, 0.25) is 0 Å². The van der Waals surface area contributed by atoms with Crippen molar-refractivity contribution in [2.24, 2.45) is 11.8 Å². The van der Waals surface area contributed by atoms with Crippen molar-refractivity contribution in [3.05, 3.63) is 0 Å². The summed E-state index contributed by atoms with van der Waals surface area (Å²) in [5, 5.41) is 8.81. The average Bonchev–Trinajstić information content (AvgIpc) is 2.37. The van der Waals surface area contributed by atoms with Crippen molar-refractivity contribution in [1.29, 1.82) is 0 Å². The number of ether oxygens (including phenoxy) is 1. The Morgan fingerprint density at radius 3 is 2.71 bits per heavy atom. The van der Waals surface area contributed by atoms with Gasteiger partial charge in [0.2, 0.25) is 0 Å². The molecule has 2 atom stereocenters. The van der Waals surface area contributed by atoms with Gasteiger partial charge in [0.05, 0.1) is 6.61 Å². The van der Waals surface area contributed by atoms with E-state index in [1.807, 2.05) is 4.72 Å². The number of piperidine rings is 1. The Labute approximate surface area is 124 Å². The molecule has 0 aromatic heterocycles. The number of hydrogen-bond acceptors (Lipinski definition) is 5. The SMILES string of the molecule is CCOC(=O)NS(=O)(=O)N1CCCC(C(C)CC(=O)O)C1. The van der Waals surface area contributed by atoms with E-state index in [0.29, 0.717) is 13.0 Å². The van der Waals surface area contributed by atoms with Crippen molar-refractivity contribution in [3.63, 3.8) is 0 Å². The molecule has 2 N–H and O–H groups in total. The maximum atomic E-state index is 12.1. The molecule has 0 radical (unpaired) electrons. The highest BCUT2D eigenvalue weighted by Gasteiger charge is 2.33. The summed E-state index contributed by atoms with van der Waals surface area (Å²) in [6, 6.07) is 0. The number of aliphatic carboxylic acids is 1. The van der Waals surface area contributed by atoms with Gasteiger partial charge in [0.25, 0.3) is 0 Å². The van der Waals surface area contributed by atoms with Crippen LogP contribution in [0.3, 0.4) is 0 Å². The number of nitrogens with zero attached hydrogens (tertiary/aromatic N) is 1. The first kappa shape index (κ1) is 17.7. The second-order valence-corrected chi connectivity index (χ2v) is 6.83. The lowest BCUT2D eigenvalue weighted by molar-refractivity contribution is -0.138. The number of carbonyl (C=O) groups is 2. The van der Waals surface area contributed by atoms with E-state index < -0.39 is 22.3 Å². The van der Waals surface area contributed by atoms with Gasteiger partial charge in [0, 0.05) is 19.5 Å². The smallest absolute Gasteiger partial charge is 0.421 e. The number of carboxylic acid groups (broad SMARTS) is 1. The van der Waals surface area contributed by atoms with E-state index in [-0.39, 0.29) is 31.4 Å². The normalized spacial score (nSPS) is 21.5. The summed E-state index contributed by atoms with van der Waals surface area (Å²) in [7, 11) is -3.94. The Morgan fingerprint density at radius 2 is 2.14 bits per heavy atom. The van der Waals surface area contributed by atoms with Crippen molar-refractivity contribution in [2.45, 2.75) is 33.1 Å². The largest absolute Gasteiger partial charge is 0.481 e. The molecule has 0 aliphatic carbocycles. The second kappa shape index (κ2) is 7.60. The van der Waals surface area contributed by atoms with Crippen LogP contribution < -0.4 is 4.72 Å². The lowest BCUT2D eigenvalue weighted by atomic mass is 9.85. The van der Waals surface area contributed by atoms with E-state index in [2.05, 4.69) is 4.74 Å². The topological polar surface area (TPSA) is 113 Å². The number of amides is 1. The number of carbonyl (C=O) groups excluding carboxylic acids is 1. The van der Waals surface area contributed by atoms with Gasteiger partial charge in [0.15, 0.2) is 0 Å². The molecule has 1 aliphatic rings. The molecular weight excluding hydrogens is 300 g/mol. The second-order valence-electron chi connectivity index (χ2n) is 5.16. The van der Waals surface area contributed by atoms with Crippen molar-refractivity contribution in [1.82, 2.24) is 9.03 Å². The zero-order valence-corrected chi connectivity index (χ0v) is 13.1. The third-order valence-electron chi connectivity index (χ3n) is 3.55. The van der Waals surface area contributed by atoms with Gasteiger partial charge in [-0.2, -0.15) is 12.7 Å². The van der Waals surface area contributed by atoms with E-state index in [9.17, 15) is 18.0 Å². The van der Waals surface area contributed by atoms with Crippen molar-refractivity contribution >= 4 is 22.3 Å². The fourth-order valence-electron chi connectivity index (χ4n) is 2.43. The molecule has 9 heteroatoms. The van der Waals surface area contributed by atoms with E-state index in [1.165, 1.54) is 4.31 Å². The molecule has 21 heavy (non-hydrogen) atoms. The predicted molar refractivity (Wildman–Crippen MR) is 74.8 cm³/mol. The molecule has 1 amide bonds. The Hall–Kier alpha value is -1.35. The van der Waals surface area contributed by atoms with Crippen LogP contribution in [-0.2, 0) is 19.7 Å². The molecule has 0 spiro atoms. The monoisotopic (exact) mass is 322 g/mol. The van der Waals surface area contributed by atoms with Crippen LogP contribution >= 0.6 is 0 Å². The lowest BCUT2D eigenvalue weighted by Gasteiger charge is -2.34. The summed E-state index contributed by atoms with van der Waals surface area (Å²) in [6.45, 7) is 3.98. The molecule has 1 rings (SSSR count). The molecule has 8 nitrogen and oxygen atoms in total. The molecule has 0 bridgehead atoms. The number of nitrogens with one attached hydrogen (secondary N) is 1. The van der Waals surface area contributed by atoms with E-state index >= 15 is 0 Å². The van der Waals surface area contributed by atoms with Crippen LogP contribution in [0.1, 0.15) is 33.1 Å². The summed E-state index contributed by atoms with van der Waals surface area (Å²) in [4.78, 5) is 22.0. The predicted octanol–water partition coefficient (Wildman–Crippen LogP) is 0.800. The van der Waals surface area contributed by atoms with Crippen molar-refractivity contribution in [3.8, 4) is 0 Å². The first-order chi connectivity index (χ1) is 9.76.